The molecule has 1 aromatic heterocycles. The van der Waals surface area contributed by atoms with Gasteiger partial charge in [-0.3, -0.25) is 9.48 Å². The van der Waals surface area contributed by atoms with E-state index in [1.165, 1.54) is 0 Å². The minimum Gasteiger partial charge on any atom is -0.382 e. The van der Waals surface area contributed by atoms with Crippen LogP contribution in [0.5, 0.6) is 0 Å². The number of hydrogen-bond donors (Lipinski definition) is 2. The molecule has 0 fully saturated rings. The van der Waals surface area contributed by atoms with E-state index in [2.05, 4.69) is 10.4 Å². The van der Waals surface area contributed by atoms with E-state index in [0.29, 0.717) is 12.4 Å². The number of nitrogens with two attached hydrogens (primary N) is 1. The number of amides is 1. The van der Waals surface area contributed by atoms with Gasteiger partial charge in [0.2, 0.25) is 5.91 Å². The van der Waals surface area contributed by atoms with Crippen LogP contribution in [0.2, 0.25) is 0 Å². The fraction of sp³-hybridized carbons (Fsp3) is 0.600. The summed E-state index contributed by atoms with van der Waals surface area (Å²) < 4.78 is 1.64. The molecule has 0 saturated heterocycles. The van der Waals surface area contributed by atoms with Gasteiger partial charge in [-0.05, 0) is 20.3 Å². The highest BCUT2D eigenvalue weighted by Gasteiger charge is 2.16. The summed E-state index contributed by atoms with van der Waals surface area (Å²) in [6.07, 6.45) is 0.929. The van der Waals surface area contributed by atoms with Gasteiger partial charge in [-0.2, -0.15) is 5.10 Å². The highest BCUT2D eigenvalue weighted by atomic mass is 16.2. The third-order valence-electron chi connectivity index (χ3n) is 2.24. The first-order valence-corrected chi connectivity index (χ1v) is 5.15. The highest BCUT2D eigenvalue weighted by Crippen LogP contribution is 2.11. The van der Waals surface area contributed by atoms with Crippen molar-refractivity contribution in [2.45, 2.75) is 33.2 Å². The summed E-state index contributed by atoms with van der Waals surface area (Å²) in [5.41, 5.74) is 6.45. The van der Waals surface area contributed by atoms with Crippen LogP contribution in [0.3, 0.4) is 0 Å². The van der Waals surface area contributed by atoms with Gasteiger partial charge < -0.3 is 11.1 Å². The number of carbonyl (C=O) groups is 1. The van der Waals surface area contributed by atoms with Crippen molar-refractivity contribution in [1.29, 1.82) is 0 Å². The molecule has 0 bridgehead atoms. The predicted octanol–water partition coefficient (Wildman–Crippen LogP) is 0.861. The van der Waals surface area contributed by atoms with Crippen LogP contribution < -0.4 is 11.1 Å². The maximum Gasteiger partial charge on any atom is 0.244 e. The summed E-state index contributed by atoms with van der Waals surface area (Å²) in [6, 6.07) is 1.44. The molecular formula is C10H18N4O. The zero-order valence-corrected chi connectivity index (χ0v) is 9.45. The number of carbonyl (C=O) groups excluding carboxylic acids is 1. The van der Waals surface area contributed by atoms with E-state index < -0.39 is 0 Å². The molecule has 15 heavy (non-hydrogen) atoms. The topological polar surface area (TPSA) is 72.9 Å². The van der Waals surface area contributed by atoms with E-state index in [-0.39, 0.29) is 11.9 Å². The molecule has 0 saturated carbocycles. The first kappa shape index (κ1) is 11.6. The van der Waals surface area contributed by atoms with E-state index in [1.54, 1.807) is 10.7 Å². The number of nitrogens with one attached hydrogen (secondary N) is 1. The summed E-state index contributed by atoms with van der Waals surface area (Å²) >= 11 is 0. The van der Waals surface area contributed by atoms with Crippen molar-refractivity contribution in [2.24, 2.45) is 0 Å². The van der Waals surface area contributed by atoms with E-state index in [0.717, 1.165) is 12.1 Å². The maximum atomic E-state index is 11.7. The molecule has 1 unspecified atom stereocenters. The van der Waals surface area contributed by atoms with Crippen LogP contribution in [-0.2, 0) is 4.79 Å². The first-order chi connectivity index (χ1) is 7.06. The Labute approximate surface area is 89.6 Å². The van der Waals surface area contributed by atoms with Crippen molar-refractivity contribution in [3.05, 3.63) is 11.8 Å². The van der Waals surface area contributed by atoms with E-state index >= 15 is 0 Å². The summed E-state index contributed by atoms with van der Waals surface area (Å²) in [5.74, 6) is 0.422. The molecular weight excluding hydrogens is 192 g/mol. The summed E-state index contributed by atoms with van der Waals surface area (Å²) in [5, 5.41) is 6.90. The minimum absolute atomic E-state index is 0.0250. The second kappa shape index (κ2) is 4.82. The standard InChI is InChI=1S/C10H18N4O/c1-4-5-12-10(15)8(3)14-7(2)6-9(11)13-14/h6,8H,4-5H2,1-3H3,(H2,11,13)(H,12,15). The minimum atomic E-state index is -0.311. The van der Waals surface area contributed by atoms with E-state index in [4.69, 9.17) is 5.73 Å². The fourth-order valence-electron chi connectivity index (χ4n) is 1.41. The van der Waals surface area contributed by atoms with Gasteiger partial charge in [-0.1, -0.05) is 6.92 Å². The second-order valence-corrected chi connectivity index (χ2v) is 3.62. The molecule has 3 N–H and O–H groups in total. The lowest BCUT2D eigenvalue weighted by atomic mass is 10.3. The van der Waals surface area contributed by atoms with Crippen molar-refractivity contribution in [3.63, 3.8) is 0 Å². The number of rotatable bonds is 4. The molecule has 0 aliphatic heterocycles. The molecule has 0 aliphatic carbocycles. The summed E-state index contributed by atoms with van der Waals surface area (Å²) in [6.45, 7) is 6.40. The van der Waals surface area contributed by atoms with Gasteiger partial charge in [0, 0.05) is 18.3 Å². The maximum absolute atomic E-state index is 11.7. The van der Waals surface area contributed by atoms with Gasteiger partial charge in [-0.15, -0.1) is 0 Å². The van der Waals surface area contributed by atoms with E-state index in [1.807, 2.05) is 20.8 Å². The summed E-state index contributed by atoms with van der Waals surface area (Å²) in [7, 11) is 0. The summed E-state index contributed by atoms with van der Waals surface area (Å²) in [4.78, 5) is 11.7. The molecule has 0 spiro atoms. The quantitative estimate of drug-likeness (QED) is 0.774. The van der Waals surface area contributed by atoms with Crippen LogP contribution in [0.25, 0.3) is 0 Å². The molecule has 0 aromatic carbocycles. The Bertz CT molecular complexity index is 345. The normalized spacial score (nSPS) is 12.5. The number of nitrogens with zero attached hydrogens (tertiary/aromatic N) is 2. The van der Waals surface area contributed by atoms with Gasteiger partial charge >= 0.3 is 0 Å². The van der Waals surface area contributed by atoms with Crippen molar-refractivity contribution < 1.29 is 4.79 Å². The molecule has 5 heteroatoms. The Hall–Kier alpha value is -1.52. The van der Waals surface area contributed by atoms with Crippen LogP contribution in [-0.4, -0.2) is 22.2 Å². The molecule has 1 aromatic rings. The molecule has 1 amide bonds. The smallest absolute Gasteiger partial charge is 0.244 e. The molecule has 84 valence electrons. The zero-order chi connectivity index (χ0) is 11.4. The lowest BCUT2D eigenvalue weighted by molar-refractivity contribution is -0.124. The Morgan fingerprint density at radius 1 is 1.73 bits per heavy atom. The molecule has 1 rings (SSSR count). The van der Waals surface area contributed by atoms with Gasteiger partial charge in [0.1, 0.15) is 11.9 Å². The van der Waals surface area contributed by atoms with Gasteiger partial charge in [-0.25, -0.2) is 0 Å². The largest absolute Gasteiger partial charge is 0.382 e. The number of anilines is 1. The second-order valence-electron chi connectivity index (χ2n) is 3.62. The van der Waals surface area contributed by atoms with Crippen LogP contribution in [0.15, 0.2) is 6.07 Å². The SMILES string of the molecule is CCCNC(=O)C(C)n1nc(N)cc1C. The van der Waals surface area contributed by atoms with Crippen LogP contribution in [0.4, 0.5) is 5.82 Å². The lowest BCUT2D eigenvalue weighted by Crippen LogP contribution is -2.32. The Morgan fingerprint density at radius 3 is 2.87 bits per heavy atom. The lowest BCUT2D eigenvalue weighted by Gasteiger charge is -2.13. The molecule has 1 atom stereocenters. The monoisotopic (exact) mass is 210 g/mol. The average Bonchev–Trinajstić information content (AvgIpc) is 2.53. The number of aromatic nitrogens is 2. The molecule has 0 radical (unpaired) electrons. The average molecular weight is 210 g/mol. The van der Waals surface area contributed by atoms with Gasteiger partial charge in [0.05, 0.1) is 0 Å². The Balaban J connectivity index is 2.71. The molecule has 0 aliphatic rings. The third kappa shape index (κ3) is 2.71. The first-order valence-electron chi connectivity index (χ1n) is 5.15. The Kier molecular flexibility index (Phi) is 3.71. The number of hydrogen-bond acceptors (Lipinski definition) is 3. The van der Waals surface area contributed by atoms with Crippen molar-refractivity contribution in [3.8, 4) is 0 Å². The highest BCUT2D eigenvalue weighted by molar-refractivity contribution is 5.79. The fourth-order valence-corrected chi connectivity index (χ4v) is 1.41. The van der Waals surface area contributed by atoms with Crippen molar-refractivity contribution in [2.75, 3.05) is 12.3 Å². The Morgan fingerprint density at radius 2 is 2.40 bits per heavy atom. The van der Waals surface area contributed by atoms with Crippen LogP contribution in [0, 0.1) is 6.92 Å². The molecule has 1 heterocycles. The zero-order valence-electron chi connectivity index (χ0n) is 9.45. The number of nitrogen functional groups attached to an aromatic ring is 1. The van der Waals surface area contributed by atoms with Crippen LogP contribution >= 0.6 is 0 Å². The molecule has 5 nitrogen and oxygen atoms in total. The van der Waals surface area contributed by atoms with Crippen molar-refractivity contribution >= 4 is 11.7 Å². The van der Waals surface area contributed by atoms with E-state index in [9.17, 15) is 4.79 Å². The van der Waals surface area contributed by atoms with Crippen molar-refractivity contribution in [1.82, 2.24) is 15.1 Å². The van der Waals surface area contributed by atoms with Crippen LogP contribution in [0.1, 0.15) is 32.0 Å². The van der Waals surface area contributed by atoms with Gasteiger partial charge in [0.25, 0.3) is 0 Å². The number of aryl methyl sites for hydroxylation is 1. The third-order valence-corrected chi connectivity index (χ3v) is 2.24. The van der Waals surface area contributed by atoms with Gasteiger partial charge in [0.15, 0.2) is 0 Å². The predicted molar refractivity (Wildman–Crippen MR) is 59.4 cm³/mol.